The summed E-state index contributed by atoms with van der Waals surface area (Å²) in [6, 6.07) is 4.04. The number of nitrogens with one attached hydrogen (secondary N) is 1. The highest BCUT2D eigenvalue weighted by molar-refractivity contribution is 8.01. The molecule has 0 aliphatic carbocycles. The Labute approximate surface area is 170 Å². The standard InChI is InChI=1S/C16H14F3N5OS3/c1-2-26-15-23-22-13(28-15)21-12(25)8-6-24(7-8)14-20-11-9(16(17,18)19)4-3-5-10(11)27-14/h3-5,8H,2,6-7H2,1H3,(H,21,22,25). The van der Waals surface area contributed by atoms with Crippen molar-refractivity contribution in [3.63, 3.8) is 0 Å². The maximum Gasteiger partial charge on any atom is 0.418 e. The lowest BCUT2D eigenvalue weighted by molar-refractivity contribution is -0.136. The van der Waals surface area contributed by atoms with E-state index in [0.29, 0.717) is 28.1 Å². The van der Waals surface area contributed by atoms with Gasteiger partial charge in [-0.3, -0.25) is 4.79 Å². The summed E-state index contributed by atoms with van der Waals surface area (Å²) in [5, 5.41) is 11.6. The van der Waals surface area contributed by atoms with E-state index >= 15 is 0 Å². The Morgan fingerprint density at radius 3 is 2.82 bits per heavy atom. The summed E-state index contributed by atoms with van der Waals surface area (Å²) in [5.41, 5.74) is -0.781. The zero-order chi connectivity index (χ0) is 19.9. The number of hydrogen-bond donors (Lipinski definition) is 1. The lowest BCUT2D eigenvalue weighted by Gasteiger charge is -2.37. The third-order valence-corrected chi connectivity index (χ3v) is 7.08. The molecule has 4 rings (SSSR count). The highest BCUT2D eigenvalue weighted by Crippen LogP contribution is 2.39. The van der Waals surface area contributed by atoms with Crippen LogP contribution >= 0.6 is 34.4 Å². The molecule has 6 nitrogen and oxygen atoms in total. The second-order valence-corrected chi connectivity index (χ2v) is 9.54. The Kier molecular flexibility index (Phi) is 5.19. The number of para-hydroxylation sites is 1. The highest BCUT2D eigenvalue weighted by Gasteiger charge is 2.37. The number of nitrogens with zero attached hydrogens (tertiary/aromatic N) is 4. The van der Waals surface area contributed by atoms with Crippen molar-refractivity contribution in [1.82, 2.24) is 15.2 Å². The number of rotatable bonds is 5. The van der Waals surface area contributed by atoms with Gasteiger partial charge in [0.05, 0.1) is 21.7 Å². The predicted molar refractivity (Wildman–Crippen MR) is 105 cm³/mol. The summed E-state index contributed by atoms with van der Waals surface area (Å²) in [4.78, 5) is 18.3. The summed E-state index contributed by atoms with van der Waals surface area (Å²) >= 11 is 4.07. The normalized spacial score (nSPS) is 15.1. The number of hydrogen-bond acceptors (Lipinski definition) is 8. The monoisotopic (exact) mass is 445 g/mol. The molecule has 2 aromatic heterocycles. The molecule has 0 bridgehead atoms. The van der Waals surface area contributed by atoms with Gasteiger partial charge in [0, 0.05) is 13.1 Å². The number of benzene rings is 1. The third kappa shape index (κ3) is 3.80. The molecule has 1 saturated heterocycles. The Morgan fingerprint density at radius 2 is 2.11 bits per heavy atom. The number of carbonyl (C=O) groups excluding carboxylic acids is 1. The van der Waals surface area contributed by atoms with Crippen molar-refractivity contribution in [2.45, 2.75) is 17.4 Å². The van der Waals surface area contributed by atoms with Gasteiger partial charge in [0.15, 0.2) is 9.47 Å². The minimum atomic E-state index is -4.45. The van der Waals surface area contributed by atoms with Crippen molar-refractivity contribution >= 4 is 60.8 Å². The molecule has 148 valence electrons. The highest BCUT2D eigenvalue weighted by atomic mass is 32.2. The number of fused-ring (bicyclic) bond motifs is 1. The second-order valence-electron chi connectivity index (χ2n) is 6.04. The first kappa shape index (κ1) is 19.4. The first-order valence-electron chi connectivity index (χ1n) is 8.34. The minimum Gasteiger partial charge on any atom is -0.346 e. The molecule has 1 N–H and O–H groups in total. The Morgan fingerprint density at radius 1 is 1.32 bits per heavy atom. The molecule has 1 aromatic carbocycles. The minimum absolute atomic E-state index is 0.0438. The summed E-state index contributed by atoms with van der Waals surface area (Å²) in [7, 11) is 0. The molecular formula is C16H14F3N5OS3. The maximum atomic E-state index is 13.1. The average molecular weight is 446 g/mol. The van der Waals surface area contributed by atoms with Gasteiger partial charge in [0.1, 0.15) is 0 Å². The van der Waals surface area contributed by atoms with Crippen LogP contribution in [-0.2, 0) is 11.0 Å². The zero-order valence-corrected chi connectivity index (χ0v) is 16.9. The lowest BCUT2D eigenvalue weighted by Crippen LogP contribution is -2.52. The van der Waals surface area contributed by atoms with Crippen LogP contribution in [0.25, 0.3) is 10.2 Å². The van der Waals surface area contributed by atoms with Crippen molar-refractivity contribution < 1.29 is 18.0 Å². The topological polar surface area (TPSA) is 71.0 Å². The molecule has 1 amide bonds. The molecule has 28 heavy (non-hydrogen) atoms. The van der Waals surface area contributed by atoms with Crippen molar-refractivity contribution in [2.24, 2.45) is 5.92 Å². The first-order valence-corrected chi connectivity index (χ1v) is 11.0. The molecule has 3 heterocycles. The van der Waals surface area contributed by atoms with Gasteiger partial charge in [-0.1, -0.05) is 47.4 Å². The maximum absolute atomic E-state index is 13.1. The molecule has 3 aromatic rings. The van der Waals surface area contributed by atoms with Crippen LogP contribution in [0.15, 0.2) is 22.5 Å². The summed E-state index contributed by atoms with van der Waals surface area (Å²) in [5.74, 6) is 0.441. The number of thioether (sulfide) groups is 1. The predicted octanol–water partition coefficient (Wildman–Crippen LogP) is 4.35. The van der Waals surface area contributed by atoms with Crippen molar-refractivity contribution in [1.29, 1.82) is 0 Å². The van der Waals surface area contributed by atoms with Gasteiger partial charge in [-0.25, -0.2) is 4.98 Å². The van der Waals surface area contributed by atoms with Crippen LogP contribution in [0.1, 0.15) is 12.5 Å². The number of carbonyl (C=O) groups is 1. The van der Waals surface area contributed by atoms with Crippen LogP contribution in [0.4, 0.5) is 23.4 Å². The molecule has 0 spiro atoms. The molecular weight excluding hydrogens is 431 g/mol. The van der Waals surface area contributed by atoms with Gasteiger partial charge in [-0.15, -0.1) is 10.2 Å². The van der Waals surface area contributed by atoms with E-state index in [-0.39, 0.29) is 17.3 Å². The Bertz CT molecular complexity index is 1010. The molecule has 1 aliphatic heterocycles. The quantitative estimate of drug-likeness (QED) is 0.465. The van der Waals surface area contributed by atoms with Gasteiger partial charge < -0.3 is 10.2 Å². The molecule has 0 saturated carbocycles. The van der Waals surface area contributed by atoms with E-state index in [2.05, 4.69) is 20.5 Å². The van der Waals surface area contributed by atoms with Crippen LogP contribution in [0.3, 0.4) is 0 Å². The van der Waals surface area contributed by atoms with E-state index in [1.54, 1.807) is 17.8 Å². The third-order valence-electron chi connectivity index (χ3n) is 4.14. The van der Waals surface area contributed by atoms with Gasteiger partial charge in [0.2, 0.25) is 11.0 Å². The van der Waals surface area contributed by atoms with E-state index in [1.165, 1.54) is 28.7 Å². The van der Waals surface area contributed by atoms with Crippen LogP contribution in [0.5, 0.6) is 0 Å². The number of aromatic nitrogens is 3. The van der Waals surface area contributed by atoms with Crippen molar-refractivity contribution in [3.05, 3.63) is 23.8 Å². The van der Waals surface area contributed by atoms with Gasteiger partial charge in [-0.2, -0.15) is 13.2 Å². The van der Waals surface area contributed by atoms with E-state index < -0.39 is 11.7 Å². The molecule has 0 unspecified atom stereocenters. The summed E-state index contributed by atoms with van der Waals surface area (Å²) < 4.78 is 40.7. The number of halogens is 3. The van der Waals surface area contributed by atoms with E-state index in [0.717, 1.165) is 16.2 Å². The fourth-order valence-corrected chi connectivity index (χ4v) is 5.41. The Hall–Kier alpha value is -1.92. The van der Waals surface area contributed by atoms with Crippen LogP contribution in [-0.4, -0.2) is 39.9 Å². The molecule has 0 radical (unpaired) electrons. The van der Waals surface area contributed by atoms with Crippen molar-refractivity contribution in [3.8, 4) is 0 Å². The first-order chi connectivity index (χ1) is 13.3. The van der Waals surface area contributed by atoms with Crippen molar-refractivity contribution in [2.75, 3.05) is 29.1 Å². The average Bonchev–Trinajstić information content (AvgIpc) is 3.19. The summed E-state index contributed by atoms with van der Waals surface area (Å²) in [6.07, 6.45) is -4.45. The molecule has 1 aliphatic rings. The van der Waals surface area contributed by atoms with E-state index in [9.17, 15) is 18.0 Å². The Balaban J connectivity index is 1.41. The van der Waals surface area contributed by atoms with Gasteiger partial charge in [-0.05, 0) is 17.9 Å². The number of thiazole rings is 1. The number of amides is 1. The fraction of sp³-hybridized carbons (Fsp3) is 0.375. The van der Waals surface area contributed by atoms with Crippen LogP contribution in [0, 0.1) is 5.92 Å². The van der Waals surface area contributed by atoms with E-state index in [1.807, 2.05) is 11.8 Å². The van der Waals surface area contributed by atoms with Crippen LogP contribution < -0.4 is 10.2 Å². The number of anilines is 2. The largest absolute Gasteiger partial charge is 0.418 e. The van der Waals surface area contributed by atoms with Gasteiger partial charge >= 0.3 is 6.18 Å². The molecule has 0 atom stereocenters. The lowest BCUT2D eigenvalue weighted by atomic mass is 10.0. The molecule has 12 heteroatoms. The van der Waals surface area contributed by atoms with E-state index in [4.69, 9.17) is 0 Å². The van der Waals surface area contributed by atoms with Gasteiger partial charge in [0.25, 0.3) is 0 Å². The zero-order valence-electron chi connectivity index (χ0n) is 14.5. The second kappa shape index (κ2) is 7.48. The fourth-order valence-electron chi connectivity index (χ4n) is 2.75. The van der Waals surface area contributed by atoms with Crippen LogP contribution in [0.2, 0.25) is 0 Å². The SMILES string of the molecule is CCSc1nnc(NC(=O)C2CN(c3nc4c(C(F)(F)F)cccc4s3)C2)s1. The molecule has 1 fully saturated rings. The summed E-state index contributed by atoms with van der Waals surface area (Å²) in [6.45, 7) is 2.82. The number of alkyl halides is 3. The smallest absolute Gasteiger partial charge is 0.346 e.